The molecule has 2 bridgehead atoms. The number of carbonyl (C=O) groups excluding carboxylic acids is 1. The van der Waals surface area contributed by atoms with Gasteiger partial charge in [0, 0.05) is 18.4 Å². The molecule has 2 heterocycles. The highest BCUT2D eigenvalue weighted by atomic mass is 35.5. The summed E-state index contributed by atoms with van der Waals surface area (Å²) in [5.41, 5.74) is 0.775. The van der Waals surface area contributed by atoms with Crippen LogP contribution in [0.25, 0.3) is 5.65 Å². The molecule has 1 amide bonds. The lowest BCUT2D eigenvalue weighted by Gasteiger charge is -2.28. The largest absolute Gasteiger partial charge is 0.348 e. The van der Waals surface area contributed by atoms with Gasteiger partial charge in [0.15, 0.2) is 11.3 Å². The van der Waals surface area contributed by atoms with E-state index in [0.717, 1.165) is 11.8 Å². The minimum Gasteiger partial charge on any atom is -0.348 e. The lowest BCUT2D eigenvalue weighted by molar-refractivity contribution is 0.0910. The molecule has 0 radical (unpaired) electrons. The van der Waals surface area contributed by atoms with Gasteiger partial charge in [0.25, 0.3) is 5.91 Å². The van der Waals surface area contributed by atoms with Crippen molar-refractivity contribution in [1.82, 2.24) is 19.9 Å². The summed E-state index contributed by atoms with van der Waals surface area (Å²) in [7, 11) is 0. The van der Waals surface area contributed by atoms with Crippen molar-refractivity contribution in [1.29, 1.82) is 0 Å². The number of carbonyl (C=O) groups is 1. The summed E-state index contributed by atoms with van der Waals surface area (Å²) >= 11 is 6.25. The molecule has 2 aliphatic carbocycles. The van der Waals surface area contributed by atoms with E-state index in [-0.39, 0.29) is 17.6 Å². The Hall–Kier alpha value is -1.62. The first-order valence-corrected chi connectivity index (χ1v) is 8.31. The van der Waals surface area contributed by atoms with Gasteiger partial charge in [-0.1, -0.05) is 18.0 Å². The molecular formula is C16H19ClN4O. The summed E-state index contributed by atoms with van der Waals surface area (Å²) in [5, 5.41) is 7.67. The maximum Gasteiger partial charge on any atom is 0.273 e. The molecule has 6 heteroatoms. The second-order valence-electron chi connectivity index (χ2n) is 6.65. The van der Waals surface area contributed by atoms with Crippen molar-refractivity contribution in [2.75, 3.05) is 0 Å². The van der Waals surface area contributed by atoms with Gasteiger partial charge in [-0.15, -0.1) is 0 Å². The van der Waals surface area contributed by atoms with E-state index in [0.29, 0.717) is 16.6 Å². The summed E-state index contributed by atoms with van der Waals surface area (Å²) in [6, 6.07) is 1.92. The Morgan fingerprint density at radius 2 is 2.32 bits per heavy atom. The molecule has 22 heavy (non-hydrogen) atoms. The van der Waals surface area contributed by atoms with Crippen LogP contribution in [0.15, 0.2) is 18.5 Å². The highest BCUT2D eigenvalue weighted by Gasteiger charge is 2.42. The van der Waals surface area contributed by atoms with E-state index >= 15 is 0 Å². The second kappa shape index (κ2) is 5.23. The molecule has 1 N–H and O–H groups in total. The van der Waals surface area contributed by atoms with E-state index in [2.05, 4.69) is 22.3 Å². The van der Waals surface area contributed by atoms with Crippen LogP contribution in [0.4, 0.5) is 0 Å². The molecule has 5 nitrogen and oxygen atoms in total. The summed E-state index contributed by atoms with van der Waals surface area (Å²) < 4.78 is 1.54. The third-order valence-corrected chi connectivity index (χ3v) is 5.70. The zero-order chi connectivity index (χ0) is 15.3. The fraction of sp³-hybridized carbons (Fsp3) is 0.562. The molecule has 2 aliphatic rings. The normalized spacial score (nSPS) is 28.2. The SMILES string of the molecule is C[C@H](NC(=O)c1nn2cccnc2c1Cl)[C@H]1C[C@@H]2CC[C@@H]1C2. The number of rotatable bonds is 3. The smallest absolute Gasteiger partial charge is 0.273 e. The summed E-state index contributed by atoms with van der Waals surface area (Å²) in [5.74, 6) is 2.04. The van der Waals surface area contributed by atoms with Crippen molar-refractivity contribution in [3.05, 3.63) is 29.2 Å². The van der Waals surface area contributed by atoms with E-state index in [1.165, 1.54) is 25.7 Å². The van der Waals surface area contributed by atoms with Crippen molar-refractivity contribution in [3.8, 4) is 0 Å². The molecule has 116 valence electrons. The number of halogens is 1. The molecule has 2 aromatic heterocycles. The molecule has 2 fully saturated rings. The molecule has 0 unspecified atom stereocenters. The van der Waals surface area contributed by atoms with E-state index in [9.17, 15) is 4.79 Å². The first-order chi connectivity index (χ1) is 10.6. The van der Waals surface area contributed by atoms with E-state index in [4.69, 9.17) is 11.6 Å². The molecule has 4 atom stereocenters. The van der Waals surface area contributed by atoms with Crippen LogP contribution in [0, 0.1) is 17.8 Å². The van der Waals surface area contributed by atoms with Crippen molar-refractivity contribution in [2.24, 2.45) is 17.8 Å². The summed E-state index contributed by atoms with van der Waals surface area (Å²) in [6.07, 6.45) is 8.64. The van der Waals surface area contributed by atoms with Crippen molar-refractivity contribution in [2.45, 2.75) is 38.6 Å². The van der Waals surface area contributed by atoms with Gasteiger partial charge in [-0.05, 0) is 50.0 Å². The van der Waals surface area contributed by atoms with Crippen LogP contribution in [0.1, 0.15) is 43.1 Å². The number of amides is 1. The van der Waals surface area contributed by atoms with Gasteiger partial charge in [-0.2, -0.15) is 5.10 Å². The Morgan fingerprint density at radius 1 is 1.45 bits per heavy atom. The van der Waals surface area contributed by atoms with Crippen molar-refractivity contribution in [3.63, 3.8) is 0 Å². The number of aromatic nitrogens is 3. The number of nitrogens with zero attached hydrogens (tertiary/aromatic N) is 3. The average molecular weight is 319 g/mol. The van der Waals surface area contributed by atoms with Crippen LogP contribution in [0.5, 0.6) is 0 Å². The van der Waals surface area contributed by atoms with Crippen LogP contribution in [-0.2, 0) is 0 Å². The van der Waals surface area contributed by atoms with Gasteiger partial charge in [0.05, 0.1) is 0 Å². The third kappa shape index (κ3) is 2.19. The first kappa shape index (κ1) is 14.0. The lowest BCUT2D eigenvalue weighted by atomic mass is 9.84. The Bertz CT molecular complexity index is 728. The van der Waals surface area contributed by atoms with Gasteiger partial charge < -0.3 is 5.32 Å². The topological polar surface area (TPSA) is 59.3 Å². The molecule has 2 aromatic rings. The molecular weight excluding hydrogens is 300 g/mol. The quantitative estimate of drug-likeness (QED) is 0.946. The van der Waals surface area contributed by atoms with Crippen LogP contribution in [-0.4, -0.2) is 26.5 Å². The van der Waals surface area contributed by atoms with Crippen LogP contribution in [0.3, 0.4) is 0 Å². The van der Waals surface area contributed by atoms with Gasteiger partial charge >= 0.3 is 0 Å². The average Bonchev–Trinajstić information content (AvgIpc) is 3.22. The minimum atomic E-state index is -0.203. The molecule has 0 spiro atoms. The minimum absolute atomic E-state index is 0.164. The van der Waals surface area contributed by atoms with E-state index in [1.54, 1.807) is 23.0 Å². The molecule has 2 saturated carbocycles. The zero-order valence-electron chi connectivity index (χ0n) is 12.5. The van der Waals surface area contributed by atoms with Gasteiger partial charge in [-0.25, -0.2) is 9.50 Å². The van der Waals surface area contributed by atoms with Crippen LogP contribution in [0.2, 0.25) is 5.02 Å². The van der Waals surface area contributed by atoms with Crippen LogP contribution < -0.4 is 5.32 Å². The Labute approximate surface area is 134 Å². The number of hydrogen-bond acceptors (Lipinski definition) is 3. The van der Waals surface area contributed by atoms with Gasteiger partial charge in [0.1, 0.15) is 5.02 Å². The number of nitrogens with one attached hydrogen (secondary N) is 1. The summed E-state index contributed by atoms with van der Waals surface area (Å²) in [6.45, 7) is 2.10. The fourth-order valence-corrected chi connectivity index (χ4v) is 4.55. The Morgan fingerprint density at radius 3 is 3.00 bits per heavy atom. The lowest BCUT2D eigenvalue weighted by Crippen LogP contribution is -2.40. The highest BCUT2D eigenvalue weighted by molar-refractivity contribution is 6.36. The van der Waals surface area contributed by atoms with Crippen molar-refractivity contribution < 1.29 is 4.79 Å². The Kier molecular flexibility index (Phi) is 3.33. The standard InChI is InChI=1S/C16H19ClN4O/c1-9(12-8-10-3-4-11(12)7-10)19-16(22)14-13(17)15-18-5-2-6-21(15)20-14/h2,5-6,9-12H,3-4,7-8H2,1H3,(H,19,22)/t9-,10+,11+,12+/m0/s1. The fourth-order valence-electron chi connectivity index (χ4n) is 4.29. The molecule has 4 rings (SSSR count). The maximum atomic E-state index is 12.5. The van der Waals surface area contributed by atoms with E-state index < -0.39 is 0 Å². The first-order valence-electron chi connectivity index (χ1n) is 7.93. The Balaban J connectivity index is 1.52. The maximum absolute atomic E-state index is 12.5. The monoisotopic (exact) mass is 318 g/mol. The molecule has 0 aliphatic heterocycles. The highest BCUT2D eigenvalue weighted by Crippen LogP contribution is 2.49. The second-order valence-corrected chi connectivity index (χ2v) is 7.03. The molecule has 0 saturated heterocycles. The zero-order valence-corrected chi connectivity index (χ0v) is 13.3. The van der Waals surface area contributed by atoms with Gasteiger partial charge in [0.2, 0.25) is 0 Å². The number of hydrogen-bond donors (Lipinski definition) is 1. The summed E-state index contributed by atoms with van der Waals surface area (Å²) in [4.78, 5) is 16.7. The number of fused-ring (bicyclic) bond motifs is 3. The van der Waals surface area contributed by atoms with Crippen molar-refractivity contribution >= 4 is 23.2 Å². The van der Waals surface area contributed by atoms with E-state index in [1.807, 2.05) is 0 Å². The van der Waals surface area contributed by atoms with Gasteiger partial charge in [-0.3, -0.25) is 4.79 Å². The predicted molar refractivity (Wildman–Crippen MR) is 83.9 cm³/mol. The predicted octanol–water partition coefficient (Wildman–Crippen LogP) is 2.94. The molecule has 0 aromatic carbocycles. The third-order valence-electron chi connectivity index (χ3n) is 5.35. The van der Waals surface area contributed by atoms with Crippen LogP contribution >= 0.6 is 11.6 Å².